The Morgan fingerprint density at radius 2 is 1.89 bits per heavy atom. The molecular formula is C27H23FN4O4S. The van der Waals surface area contributed by atoms with E-state index in [2.05, 4.69) is 22.0 Å². The van der Waals surface area contributed by atoms with Crippen molar-refractivity contribution in [3.8, 4) is 11.8 Å². The Morgan fingerprint density at radius 1 is 1.14 bits per heavy atom. The zero-order valence-electron chi connectivity index (χ0n) is 20.0. The molecule has 10 heteroatoms. The van der Waals surface area contributed by atoms with Crippen molar-refractivity contribution in [3.05, 3.63) is 100 Å². The largest absolute Gasteiger partial charge is 0.495 e. The van der Waals surface area contributed by atoms with Gasteiger partial charge in [-0.2, -0.15) is 5.26 Å². The molecular weight excluding hydrogens is 495 g/mol. The second-order valence-corrected chi connectivity index (χ2v) is 8.95. The van der Waals surface area contributed by atoms with E-state index in [0.717, 1.165) is 11.8 Å². The Bertz CT molecular complexity index is 1410. The number of thioether (sulfide) groups is 1. The van der Waals surface area contributed by atoms with Gasteiger partial charge >= 0.3 is 0 Å². The van der Waals surface area contributed by atoms with Gasteiger partial charge < -0.3 is 25.1 Å². The van der Waals surface area contributed by atoms with E-state index in [1.807, 2.05) is 0 Å². The van der Waals surface area contributed by atoms with Crippen LogP contribution in [0.2, 0.25) is 0 Å². The second-order valence-electron chi connectivity index (χ2n) is 7.96. The molecule has 0 fully saturated rings. The van der Waals surface area contributed by atoms with Crippen LogP contribution in [0.4, 0.5) is 15.8 Å². The molecule has 37 heavy (non-hydrogen) atoms. The van der Waals surface area contributed by atoms with Crippen LogP contribution in [-0.4, -0.2) is 24.7 Å². The van der Waals surface area contributed by atoms with Crippen LogP contribution in [0.1, 0.15) is 18.6 Å². The number of halogens is 1. The van der Waals surface area contributed by atoms with Crippen LogP contribution in [0, 0.1) is 17.1 Å². The Hall–Kier alpha value is -4.49. The number of para-hydroxylation sites is 2. The van der Waals surface area contributed by atoms with Gasteiger partial charge in [0.25, 0.3) is 5.91 Å². The maximum Gasteiger partial charge on any atom is 0.254 e. The highest BCUT2D eigenvalue weighted by Crippen LogP contribution is 2.41. The Morgan fingerprint density at radius 3 is 2.57 bits per heavy atom. The van der Waals surface area contributed by atoms with E-state index in [0.29, 0.717) is 39.2 Å². The third-order valence-corrected chi connectivity index (χ3v) is 6.57. The lowest BCUT2D eigenvalue weighted by molar-refractivity contribution is -0.114. The molecule has 1 aromatic heterocycles. The Balaban J connectivity index is 1.59. The third kappa shape index (κ3) is 5.85. The van der Waals surface area contributed by atoms with Crippen molar-refractivity contribution in [1.29, 1.82) is 5.26 Å². The maximum absolute atomic E-state index is 13.5. The zero-order chi connectivity index (χ0) is 26.4. The van der Waals surface area contributed by atoms with Crippen LogP contribution < -0.4 is 20.7 Å². The molecule has 2 aromatic carbocycles. The first-order chi connectivity index (χ1) is 17.9. The van der Waals surface area contributed by atoms with Crippen molar-refractivity contribution in [3.63, 3.8) is 0 Å². The highest BCUT2D eigenvalue weighted by Gasteiger charge is 2.36. The summed E-state index contributed by atoms with van der Waals surface area (Å²) in [6.45, 7) is 1.72. The summed E-state index contributed by atoms with van der Waals surface area (Å²) in [6, 6.07) is 18.0. The number of rotatable bonds is 8. The van der Waals surface area contributed by atoms with Gasteiger partial charge in [-0.25, -0.2) is 4.39 Å². The van der Waals surface area contributed by atoms with E-state index in [-0.39, 0.29) is 17.2 Å². The van der Waals surface area contributed by atoms with Crippen molar-refractivity contribution in [1.82, 2.24) is 5.32 Å². The maximum atomic E-state index is 13.5. The highest BCUT2D eigenvalue weighted by molar-refractivity contribution is 8.03. The van der Waals surface area contributed by atoms with E-state index in [1.165, 1.54) is 37.6 Å². The van der Waals surface area contributed by atoms with Gasteiger partial charge in [0.15, 0.2) is 0 Å². The average molecular weight is 519 g/mol. The molecule has 1 atom stereocenters. The molecule has 0 unspecified atom stereocenters. The second kappa shape index (κ2) is 11.5. The number of nitrogens with one attached hydrogen (secondary N) is 3. The van der Waals surface area contributed by atoms with Gasteiger partial charge in [-0.15, -0.1) is 0 Å². The van der Waals surface area contributed by atoms with Gasteiger partial charge in [0.1, 0.15) is 17.3 Å². The van der Waals surface area contributed by atoms with Crippen molar-refractivity contribution >= 4 is 35.0 Å². The molecule has 0 aliphatic carbocycles. The number of amides is 2. The summed E-state index contributed by atoms with van der Waals surface area (Å²) in [5.74, 6) is -1.08. The molecule has 3 aromatic rings. The van der Waals surface area contributed by atoms with Gasteiger partial charge in [0, 0.05) is 11.4 Å². The van der Waals surface area contributed by atoms with E-state index in [1.54, 1.807) is 43.3 Å². The quantitative estimate of drug-likeness (QED) is 0.378. The summed E-state index contributed by atoms with van der Waals surface area (Å²) in [4.78, 5) is 26.0. The molecule has 1 aliphatic rings. The van der Waals surface area contributed by atoms with Gasteiger partial charge in [0.05, 0.1) is 53.0 Å². The summed E-state index contributed by atoms with van der Waals surface area (Å²) in [6.07, 6.45) is 1.47. The van der Waals surface area contributed by atoms with Crippen LogP contribution in [0.3, 0.4) is 0 Å². The van der Waals surface area contributed by atoms with E-state index in [4.69, 9.17) is 9.15 Å². The Labute approximate surface area is 217 Å². The number of hydrogen-bond acceptors (Lipinski definition) is 7. The molecule has 2 heterocycles. The number of ether oxygens (including phenoxy) is 1. The van der Waals surface area contributed by atoms with Crippen molar-refractivity contribution in [2.24, 2.45) is 0 Å². The van der Waals surface area contributed by atoms with Gasteiger partial charge in [-0.05, 0) is 55.5 Å². The molecule has 3 N–H and O–H groups in total. The van der Waals surface area contributed by atoms with Crippen LogP contribution in [0.5, 0.6) is 5.75 Å². The third-order valence-electron chi connectivity index (χ3n) is 5.55. The molecule has 188 valence electrons. The number of nitrogens with zero attached hydrogens (tertiary/aromatic N) is 1. The number of nitriles is 1. The molecule has 0 spiro atoms. The summed E-state index contributed by atoms with van der Waals surface area (Å²) >= 11 is 1.12. The first kappa shape index (κ1) is 25.6. The SMILES string of the molecule is COc1ccccc1NC(=O)C1=C(C)NC(SCC(=O)Nc2ccc(F)cc2)=C(C#N)[C@H]1c1ccco1. The first-order valence-electron chi connectivity index (χ1n) is 11.2. The molecule has 8 nitrogen and oxygen atoms in total. The van der Waals surface area contributed by atoms with E-state index >= 15 is 0 Å². The topological polar surface area (TPSA) is 116 Å². The van der Waals surface area contributed by atoms with Gasteiger partial charge in [-0.1, -0.05) is 23.9 Å². The fraction of sp³-hybridized carbons (Fsp3) is 0.148. The number of furan rings is 1. The first-order valence-corrected chi connectivity index (χ1v) is 12.2. The van der Waals surface area contributed by atoms with Gasteiger partial charge in [-0.3, -0.25) is 9.59 Å². The molecule has 2 amide bonds. The predicted molar refractivity (Wildman–Crippen MR) is 139 cm³/mol. The fourth-order valence-corrected chi connectivity index (χ4v) is 4.76. The fourth-order valence-electron chi connectivity index (χ4n) is 3.87. The van der Waals surface area contributed by atoms with Crippen molar-refractivity contribution in [2.75, 3.05) is 23.5 Å². The molecule has 1 aliphatic heterocycles. The number of allylic oxidation sites excluding steroid dienone is 2. The molecule has 4 rings (SSSR count). The van der Waals surface area contributed by atoms with Gasteiger partial charge in [0.2, 0.25) is 5.91 Å². The minimum atomic E-state index is -0.793. The summed E-state index contributed by atoms with van der Waals surface area (Å²) < 4.78 is 24.1. The molecule has 0 bridgehead atoms. The van der Waals surface area contributed by atoms with E-state index < -0.39 is 17.6 Å². The van der Waals surface area contributed by atoms with Crippen LogP contribution >= 0.6 is 11.8 Å². The average Bonchev–Trinajstić information content (AvgIpc) is 3.43. The lowest BCUT2D eigenvalue weighted by Gasteiger charge is -2.28. The predicted octanol–water partition coefficient (Wildman–Crippen LogP) is 5.13. The van der Waals surface area contributed by atoms with Crippen LogP contribution in [0.25, 0.3) is 0 Å². The smallest absolute Gasteiger partial charge is 0.254 e. The van der Waals surface area contributed by atoms with Crippen molar-refractivity contribution in [2.45, 2.75) is 12.8 Å². The normalized spacial score (nSPS) is 15.0. The van der Waals surface area contributed by atoms with E-state index in [9.17, 15) is 19.2 Å². The number of carbonyl (C=O) groups excluding carboxylic acids is 2. The lowest BCUT2D eigenvalue weighted by Crippen LogP contribution is -2.31. The lowest BCUT2D eigenvalue weighted by atomic mass is 9.85. The summed E-state index contributed by atoms with van der Waals surface area (Å²) in [5.41, 5.74) is 1.99. The highest BCUT2D eigenvalue weighted by atomic mass is 32.2. The standard InChI is InChI=1S/C27H23FN4O4S/c1-16-24(26(34)32-20-6-3-4-7-21(20)35-2)25(22-8-5-13-36-22)19(14-29)27(30-16)37-15-23(33)31-18-11-9-17(28)10-12-18/h3-13,25,30H,15H2,1-2H3,(H,31,33)(H,32,34)/t25-/m0/s1. The number of carbonyl (C=O) groups is 2. The summed E-state index contributed by atoms with van der Waals surface area (Å²) in [5, 5.41) is 19.2. The minimum absolute atomic E-state index is 0.0220. The molecule has 0 saturated carbocycles. The number of methoxy groups -OCH3 is 1. The zero-order valence-corrected chi connectivity index (χ0v) is 20.8. The molecule has 0 saturated heterocycles. The Kier molecular flexibility index (Phi) is 7.95. The molecule has 0 radical (unpaired) electrons. The van der Waals surface area contributed by atoms with Crippen LogP contribution in [0.15, 0.2) is 93.2 Å². The number of dihydropyridines is 1. The van der Waals surface area contributed by atoms with Crippen molar-refractivity contribution < 1.29 is 23.1 Å². The minimum Gasteiger partial charge on any atom is -0.495 e. The number of benzene rings is 2. The number of hydrogen-bond donors (Lipinski definition) is 3. The monoisotopic (exact) mass is 518 g/mol. The number of anilines is 2. The van der Waals surface area contributed by atoms with Crippen LogP contribution in [-0.2, 0) is 9.59 Å². The summed E-state index contributed by atoms with van der Waals surface area (Å²) in [7, 11) is 1.51.